The molecule has 142 valence electrons. The SMILES string of the molecule is Brc1ccc(-c2nnc3c4cc(-c5ccccc5)ccc4c4ccccc4n23)cc1. The van der Waals surface area contributed by atoms with E-state index in [4.69, 9.17) is 0 Å². The fraction of sp³-hybridized carbons (Fsp3) is 0. The summed E-state index contributed by atoms with van der Waals surface area (Å²) in [6.45, 7) is 0. The van der Waals surface area contributed by atoms with E-state index in [0.717, 1.165) is 32.4 Å². The topological polar surface area (TPSA) is 30.2 Å². The summed E-state index contributed by atoms with van der Waals surface area (Å²) < 4.78 is 3.22. The van der Waals surface area contributed by atoms with Crippen molar-refractivity contribution < 1.29 is 0 Å². The van der Waals surface area contributed by atoms with Crippen LogP contribution in [0.1, 0.15) is 0 Å². The molecule has 0 aliphatic rings. The van der Waals surface area contributed by atoms with Crippen molar-refractivity contribution in [2.75, 3.05) is 0 Å². The Morgan fingerprint density at radius 3 is 2.13 bits per heavy atom. The Hall–Kier alpha value is -3.50. The zero-order valence-corrected chi connectivity index (χ0v) is 17.5. The molecule has 0 aliphatic carbocycles. The number of nitrogens with zero attached hydrogens (tertiary/aromatic N) is 3. The van der Waals surface area contributed by atoms with Gasteiger partial charge in [0.15, 0.2) is 11.5 Å². The van der Waals surface area contributed by atoms with Crippen LogP contribution in [0.25, 0.3) is 49.8 Å². The van der Waals surface area contributed by atoms with E-state index in [0.29, 0.717) is 0 Å². The van der Waals surface area contributed by atoms with Gasteiger partial charge in [0, 0.05) is 20.8 Å². The van der Waals surface area contributed by atoms with E-state index < -0.39 is 0 Å². The number of aromatic nitrogens is 3. The zero-order valence-electron chi connectivity index (χ0n) is 16.0. The van der Waals surface area contributed by atoms with Gasteiger partial charge in [0.05, 0.1) is 5.52 Å². The largest absolute Gasteiger partial charge is 0.274 e. The molecule has 0 bridgehead atoms. The van der Waals surface area contributed by atoms with Gasteiger partial charge in [0.2, 0.25) is 0 Å². The first-order valence-corrected chi connectivity index (χ1v) is 10.6. The Morgan fingerprint density at radius 2 is 1.30 bits per heavy atom. The van der Waals surface area contributed by atoms with Gasteiger partial charge < -0.3 is 0 Å². The van der Waals surface area contributed by atoms with E-state index in [9.17, 15) is 0 Å². The molecule has 30 heavy (non-hydrogen) atoms. The highest BCUT2D eigenvalue weighted by molar-refractivity contribution is 9.10. The van der Waals surface area contributed by atoms with Crippen molar-refractivity contribution in [3.63, 3.8) is 0 Å². The number of hydrogen-bond donors (Lipinski definition) is 0. The fourth-order valence-corrected chi connectivity index (χ4v) is 4.41. The smallest absolute Gasteiger partial charge is 0.169 e. The summed E-state index contributed by atoms with van der Waals surface area (Å²) >= 11 is 3.52. The lowest BCUT2D eigenvalue weighted by Crippen LogP contribution is -1.94. The maximum absolute atomic E-state index is 4.63. The lowest BCUT2D eigenvalue weighted by Gasteiger charge is -2.11. The molecule has 2 aromatic heterocycles. The third-order valence-corrected chi connectivity index (χ3v) is 6.10. The van der Waals surface area contributed by atoms with Crippen LogP contribution in [0.2, 0.25) is 0 Å². The summed E-state index contributed by atoms with van der Waals surface area (Å²) in [5, 5.41) is 12.7. The van der Waals surface area contributed by atoms with Gasteiger partial charge in [-0.05, 0) is 40.8 Å². The van der Waals surface area contributed by atoms with Crippen LogP contribution in [-0.2, 0) is 0 Å². The van der Waals surface area contributed by atoms with Gasteiger partial charge in [-0.25, -0.2) is 0 Å². The number of benzene rings is 4. The highest BCUT2D eigenvalue weighted by Crippen LogP contribution is 2.34. The van der Waals surface area contributed by atoms with Gasteiger partial charge >= 0.3 is 0 Å². The molecule has 2 heterocycles. The molecule has 0 radical (unpaired) electrons. The Morgan fingerprint density at radius 1 is 0.567 bits per heavy atom. The fourth-order valence-electron chi connectivity index (χ4n) is 4.14. The molecule has 0 saturated carbocycles. The number of hydrogen-bond acceptors (Lipinski definition) is 2. The minimum Gasteiger partial charge on any atom is -0.274 e. The first kappa shape index (κ1) is 17.4. The van der Waals surface area contributed by atoms with Gasteiger partial charge in [-0.3, -0.25) is 4.40 Å². The number of para-hydroxylation sites is 1. The van der Waals surface area contributed by atoms with Crippen LogP contribution in [0, 0.1) is 0 Å². The molecule has 0 saturated heterocycles. The Bertz CT molecular complexity index is 1530. The predicted octanol–water partition coefficient (Wildman–Crippen LogP) is 7.13. The molecule has 0 aliphatic heterocycles. The van der Waals surface area contributed by atoms with Crippen molar-refractivity contribution in [3.8, 4) is 22.5 Å². The molecule has 0 spiro atoms. The minimum atomic E-state index is 0.848. The molecule has 0 atom stereocenters. The first-order chi connectivity index (χ1) is 14.8. The summed E-state index contributed by atoms with van der Waals surface area (Å²) in [7, 11) is 0. The molecule has 6 aromatic rings. The third-order valence-electron chi connectivity index (χ3n) is 5.57. The molecule has 0 unspecified atom stereocenters. The average molecular weight is 450 g/mol. The van der Waals surface area contributed by atoms with E-state index in [1.54, 1.807) is 0 Å². The van der Waals surface area contributed by atoms with Crippen LogP contribution >= 0.6 is 15.9 Å². The summed E-state index contributed by atoms with van der Waals surface area (Å²) in [5.41, 5.74) is 5.39. The van der Waals surface area contributed by atoms with E-state index in [1.807, 2.05) is 18.2 Å². The second-order valence-corrected chi connectivity index (χ2v) is 8.25. The third kappa shape index (κ3) is 2.65. The number of rotatable bonds is 2. The van der Waals surface area contributed by atoms with Crippen molar-refractivity contribution in [2.45, 2.75) is 0 Å². The van der Waals surface area contributed by atoms with E-state index in [1.165, 1.54) is 21.9 Å². The quantitative estimate of drug-likeness (QED) is 0.263. The molecular formula is C26H16BrN3. The second-order valence-electron chi connectivity index (χ2n) is 7.33. The highest BCUT2D eigenvalue weighted by Gasteiger charge is 2.16. The Balaban J connectivity index is 1.73. The van der Waals surface area contributed by atoms with Gasteiger partial charge in [-0.2, -0.15) is 0 Å². The van der Waals surface area contributed by atoms with Crippen molar-refractivity contribution in [1.82, 2.24) is 14.6 Å². The monoisotopic (exact) mass is 449 g/mol. The normalized spacial score (nSPS) is 11.5. The highest BCUT2D eigenvalue weighted by atomic mass is 79.9. The lowest BCUT2D eigenvalue weighted by molar-refractivity contribution is 1.12. The van der Waals surface area contributed by atoms with E-state index in [2.05, 4.69) is 109 Å². The molecule has 0 amide bonds. The van der Waals surface area contributed by atoms with E-state index >= 15 is 0 Å². The van der Waals surface area contributed by atoms with Gasteiger partial charge in [-0.15, -0.1) is 10.2 Å². The van der Waals surface area contributed by atoms with Gasteiger partial charge in [0.1, 0.15) is 0 Å². The molecule has 6 rings (SSSR count). The van der Waals surface area contributed by atoms with Crippen LogP contribution in [0.3, 0.4) is 0 Å². The van der Waals surface area contributed by atoms with Gasteiger partial charge in [0.25, 0.3) is 0 Å². The zero-order chi connectivity index (χ0) is 20.1. The maximum Gasteiger partial charge on any atom is 0.169 e. The number of halogens is 1. The van der Waals surface area contributed by atoms with Crippen LogP contribution < -0.4 is 0 Å². The second kappa shape index (κ2) is 6.78. The molecule has 4 aromatic carbocycles. The minimum absolute atomic E-state index is 0.848. The summed E-state index contributed by atoms with van der Waals surface area (Å²) in [5.74, 6) is 0.848. The summed E-state index contributed by atoms with van der Waals surface area (Å²) in [6.07, 6.45) is 0. The molecule has 4 heteroatoms. The standard InChI is InChI=1S/C26H16BrN3/c27-20-13-10-18(11-14-20)25-28-29-26-23-16-19(17-6-2-1-3-7-17)12-15-21(23)22-8-4-5-9-24(22)30(25)26/h1-16H. The van der Waals surface area contributed by atoms with Crippen LogP contribution in [-0.4, -0.2) is 14.6 Å². The average Bonchev–Trinajstić information content (AvgIpc) is 3.26. The number of pyridine rings is 1. The molecule has 0 fully saturated rings. The molecular weight excluding hydrogens is 434 g/mol. The molecule has 0 N–H and O–H groups in total. The van der Waals surface area contributed by atoms with Crippen molar-refractivity contribution >= 4 is 43.3 Å². The maximum atomic E-state index is 4.63. The van der Waals surface area contributed by atoms with Crippen LogP contribution in [0.4, 0.5) is 0 Å². The van der Waals surface area contributed by atoms with Crippen LogP contribution in [0.15, 0.2) is 102 Å². The Kier molecular flexibility index (Phi) is 3.93. The van der Waals surface area contributed by atoms with E-state index in [-0.39, 0.29) is 0 Å². The van der Waals surface area contributed by atoms with Crippen molar-refractivity contribution in [1.29, 1.82) is 0 Å². The number of fused-ring (bicyclic) bond motifs is 6. The van der Waals surface area contributed by atoms with Crippen LogP contribution in [0.5, 0.6) is 0 Å². The van der Waals surface area contributed by atoms with Crippen molar-refractivity contribution in [2.24, 2.45) is 0 Å². The summed E-state index contributed by atoms with van der Waals surface area (Å²) in [4.78, 5) is 0. The lowest BCUT2D eigenvalue weighted by atomic mass is 9.99. The molecule has 3 nitrogen and oxygen atoms in total. The van der Waals surface area contributed by atoms with Gasteiger partial charge in [-0.1, -0.05) is 88.7 Å². The Labute approximate surface area is 181 Å². The first-order valence-electron chi connectivity index (χ1n) is 9.80. The summed E-state index contributed by atoms with van der Waals surface area (Å²) in [6, 6.07) is 33.7. The van der Waals surface area contributed by atoms with Crippen molar-refractivity contribution in [3.05, 3.63) is 102 Å². The predicted molar refractivity (Wildman–Crippen MR) is 127 cm³/mol.